The van der Waals surface area contributed by atoms with Gasteiger partial charge in [-0.25, -0.2) is 13.5 Å². The molecular weight excluding hydrogens is 443 g/mol. The van der Waals surface area contributed by atoms with Crippen LogP contribution in [0.1, 0.15) is 52.5 Å². The molecule has 174 valence electrons. The number of alkyl halides is 3. The molecular formula is C23H21F5N4O. The molecule has 0 unspecified atom stereocenters. The molecule has 4 rings (SSSR count). The summed E-state index contributed by atoms with van der Waals surface area (Å²) in [6, 6.07) is 7.58. The predicted molar refractivity (Wildman–Crippen MR) is 112 cm³/mol. The van der Waals surface area contributed by atoms with Crippen molar-refractivity contribution in [3.8, 4) is 0 Å². The van der Waals surface area contributed by atoms with Crippen molar-refractivity contribution in [2.45, 2.75) is 44.6 Å². The van der Waals surface area contributed by atoms with E-state index in [1.54, 1.807) is 12.1 Å². The lowest BCUT2D eigenvalue weighted by Crippen LogP contribution is -2.36. The van der Waals surface area contributed by atoms with Crippen LogP contribution in [0.5, 0.6) is 0 Å². The van der Waals surface area contributed by atoms with Gasteiger partial charge >= 0.3 is 6.18 Å². The zero-order valence-electron chi connectivity index (χ0n) is 17.6. The molecule has 0 fully saturated rings. The molecule has 0 bridgehead atoms. The van der Waals surface area contributed by atoms with Crippen molar-refractivity contribution in [3.63, 3.8) is 0 Å². The number of hydrogen-bond donors (Lipinski definition) is 2. The van der Waals surface area contributed by atoms with Crippen LogP contribution in [0.25, 0.3) is 0 Å². The van der Waals surface area contributed by atoms with Crippen molar-refractivity contribution < 1.29 is 26.7 Å². The molecule has 0 radical (unpaired) electrons. The highest BCUT2D eigenvalue weighted by Gasteiger charge is 2.47. The third kappa shape index (κ3) is 4.69. The van der Waals surface area contributed by atoms with Crippen molar-refractivity contribution in [2.75, 3.05) is 5.32 Å². The Kier molecular flexibility index (Phi) is 6.09. The van der Waals surface area contributed by atoms with Crippen molar-refractivity contribution >= 4 is 11.7 Å². The fourth-order valence-electron chi connectivity index (χ4n) is 3.87. The number of benzene rings is 2. The van der Waals surface area contributed by atoms with Crippen LogP contribution in [0, 0.1) is 11.6 Å². The molecule has 10 heteroatoms. The molecule has 2 aromatic carbocycles. The monoisotopic (exact) mass is 464 g/mol. The molecule has 0 spiro atoms. The summed E-state index contributed by atoms with van der Waals surface area (Å²) in [6.45, 7) is 1.72. The maximum absolute atomic E-state index is 13.8. The second kappa shape index (κ2) is 8.84. The summed E-state index contributed by atoms with van der Waals surface area (Å²) in [5, 5.41) is 9.29. The fraction of sp³-hybridized carbons (Fsp3) is 0.304. The molecule has 2 atom stereocenters. The first-order valence-electron chi connectivity index (χ1n) is 10.4. The van der Waals surface area contributed by atoms with Crippen LogP contribution in [0.2, 0.25) is 0 Å². The van der Waals surface area contributed by atoms with Crippen molar-refractivity contribution in [1.29, 1.82) is 0 Å². The van der Waals surface area contributed by atoms with E-state index >= 15 is 0 Å². The van der Waals surface area contributed by atoms with E-state index in [1.165, 1.54) is 6.07 Å². The second-order valence-electron chi connectivity index (χ2n) is 7.86. The van der Waals surface area contributed by atoms with Gasteiger partial charge in [-0.2, -0.15) is 18.3 Å². The van der Waals surface area contributed by atoms with E-state index in [2.05, 4.69) is 15.7 Å². The number of aryl methyl sites for hydroxylation is 1. The third-order valence-electron chi connectivity index (χ3n) is 5.73. The number of amides is 1. The molecule has 2 N–H and O–H groups in total. The summed E-state index contributed by atoms with van der Waals surface area (Å²) in [7, 11) is 0. The largest absolute Gasteiger partial charge is 0.410 e. The molecule has 3 aromatic rings. The maximum Gasteiger partial charge on any atom is 0.410 e. The van der Waals surface area contributed by atoms with Crippen LogP contribution >= 0.6 is 0 Å². The summed E-state index contributed by atoms with van der Waals surface area (Å²) >= 11 is 0. The summed E-state index contributed by atoms with van der Waals surface area (Å²) in [4.78, 5) is 12.7. The lowest BCUT2D eigenvalue weighted by atomic mass is 9.95. The van der Waals surface area contributed by atoms with Crippen LogP contribution in [0.3, 0.4) is 0 Å². The summed E-state index contributed by atoms with van der Waals surface area (Å²) in [6.07, 6.45) is -3.00. The van der Waals surface area contributed by atoms with Gasteiger partial charge in [-0.15, -0.1) is 0 Å². The van der Waals surface area contributed by atoms with Gasteiger partial charge < -0.3 is 10.6 Å². The highest BCUT2D eigenvalue weighted by molar-refractivity contribution is 5.98. The fourth-order valence-corrected chi connectivity index (χ4v) is 3.87. The number of carbonyl (C=O) groups is 1. The Hall–Kier alpha value is -3.43. The van der Waals surface area contributed by atoms with Crippen LogP contribution in [-0.4, -0.2) is 21.9 Å². The first kappa shape index (κ1) is 22.8. The lowest BCUT2D eigenvalue weighted by Gasteiger charge is -2.34. The summed E-state index contributed by atoms with van der Waals surface area (Å²) < 4.78 is 69.2. The van der Waals surface area contributed by atoms with Gasteiger partial charge in [0.15, 0.2) is 6.04 Å². The van der Waals surface area contributed by atoms with Gasteiger partial charge in [0.2, 0.25) is 0 Å². The Morgan fingerprint density at radius 3 is 2.55 bits per heavy atom. The average Bonchev–Trinajstić information content (AvgIpc) is 3.21. The predicted octanol–water partition coefficient (Wildman–Crippen LogP) is 5.31. The van der Waals surface area contributed by atoms with E-state index in [0.717, 1.165) is 28.9 Å². The van der Waals surface area contributed by atoms with E-state index in [-0.39, 0.29) is 29.9 Å². The SMILES string of the molecule is CCc1ccc([C@@H]2C[C@H](C(F)(F)F)n3ncc(C(=O)NCc4ccc(F)cc4F)c3N2)cc1. The van der Waals surface area contributed by atoms with Crippen LogP contribution in [0.15, 0.2) is 48.7 Å². The van der Waals surface area contributed by atoms with Gasteiger partial charge in [-0.3, -0.25) is 4.79 Å². The number of fused-ring (bicyclic) bond motifs is 1. The lowest BCUT2D eigenvalue weighted by molar-refractivity contribution is -0.173. The highest BCUT2D eigenvalue weighted by Crippen LogP contribution is 2.44. The molecule has 1 aliphatic heterocycles. The standard InChI is InChI=1S/C23H21F5N4O/c1-2-13-3-5-14(6-4-13)19-10-20(23(26,27)28)32-21(31-19)17(12-30-32)22(33)29-11-15-7-8-16(24)9-18(15)25/h3-9,12,19-20,31H,2,10-11H2,1H3,(H,29,33)/t19-,20+/m0/s1. The van der Waals surface area contributed by atoms with Gasteiger partial charge in [0.1, 0.15) is 23.0 Å². The number of nitrogens with zero attached hydrogens (tertiary/aromatic N) is 2. The maximum atomic E-state index is 13.8. The molecule has 0 aliphatic carbocycles. The van der Waals surface area contributed by atoms with Crippen molar-refractivity contribution in [3.05, 3.63) is 82.5 Å². The smallest absolute Gasteiger partial charge is 0.363 e. The summed E-state index contributed by atoms with van der Waals surface area (Å²) in [5.41, 5.74) is 1.66. The van der Waals surface area contributed by atoms with Crippen molar-refractivity contribution in [2.24, 2.45) is 0 Å². The first-order valence-corrected chi connectivity index (χ1v) is 10.4. The molecule has 33 heavy (non-hydrogen) atoms. The number of rotatable bonds is 5. The van der Waals surface area contributed by atoms with Gasteiger partial charge in [0.05, 0.1) is 12.2 Å². The Morgan fingerprint density at radius 2 is 1.91 bits per heavy atom. The molecule has 2 heterocycles. The number of aromatic nitrogens is 2. The quantitative estimate of drug-likeness (QED) is 0.503. The Morgan fingerprint density at radius 1 is 1.18 bits per heavy atom. The minimum Gasteiger partial charge on any atom is -0.363 e. The zero-order chi connectivity index (χ0) is 23.8. The zero-order valence-corrected chi connectivity index (χ0v) is 17.6. The average molecular weight is 464 g/mol. The first-order chi connectivity index (χ1) is 15.7. The minimum absolute atomic E-state index is 0.0424. The van der Waals surface area contributed by atoms with Gasteiger partial charge in [0, 0.05) is 24.6 Å². The number of nitrogens with one attached hydrogen (secondary N) is 2. The van der Waals surface area contributed by atoms with Crippen LogP contribution < -0.4 is 10.6 Å². The Bertz CT molecular complexity index is 1160. The van der Waals surface area contributed by atoms with E-state index in [4.69, 9.17) is 0 Å². The van der Waals surface area contributed by atoms with Gasteiger partial charge in [-0.05, 0) is 23.6 Å². The Labute approximate surface area is 186 Å². The number of halogens is 5. The number of carbonyl (C=O) groups excluding carboxylic acids is 1. The second-order valence-corrected chi connectivity index (χ2v) is 7.86. The molecule has 1 amide bonds. The minimum atomic E-state index is -4.57. The molecule has 0 saturated carbocycles. The van der Waals surface area contributed by atoms with E-state index < -0.39 is 35.8 Å². The van der Waals surface area contributed by atoms with E-state index in [0.29, 0.717) is 11.6 Å². The molecule has 5 nitrogen and oxygen atoms in total. The third-order valence-corrected chi connectivity index (χ3v) is 5.73. The Balaban J connectivity index is 1.60. The van der Waals surface area contributed by atoms with E-state index in [1.807, 2.05) is 19.1 Å². The molecule has 0 saturated heterocycles. The van der Waals surface area contributed by atoms with Crippen LogP contribution in [0.4, 0.5) is 27.8 Å². The van der Waals surface area contributed by atoms with Gasteiger partial charge in [0.25, 0.3) is 5.91 Å². The molecule has 1 aromatic heterocycles. The van der Waals surface area contributed by atoms with Gasteiger partial charge in [-0.1, -0.05) is 37.3 Å². The number of anilines is 1. The topological polar surface area (TPSA) is 59.0 Å². The summed E-state index contributed by atoms with van der Waals surface area (Å²) in [5.74, 6) is -2.38. The van der Waals surface area contributed by atoms with E-state index in [9.17, 15) is 26.7 Å². The van der Waals surface area contributed by atoms with Crippen LogP contribution in [-0.2, 0) is 13.0 Å². The highest BCUT2D eigenvalue weighted by atomic mass is 19.4. The number of hydrogen-bond acceptors (Lipinski definition) is 3. The normalized spacial score (nSPS) is 17.9. The van der Waals surface area contributed by atoms with Crippen molar-refractivity contribution in [1.82, 2.24) is 15.1 Å². The molecule has 1 aliphatic rings.